The van der Waals surface area contributed by atoms with Crippen LogP contribution in [0, 0.1) is 6.92 Å². The molecule has 0 aromatic carbocycles. The number of hydrogen-bond acceptors (Lipinski definition) is 6. The maximum absolute atomic E-state index is 5.44. The van der Waals surface area contributed by atoms with Crippen LogP contribution in [0.3, 0.4) is 0 Å². The molecule has 2 aliphatic rings. The fraction of sp³-hybridized carbons (Fsp3) is 0.588. The topological polar surface area (TPSA) is 59.3 Å². The number of hydrogen-bond donors (Lipinski definition) is 0. The van der Waals surface area contributed by atoms with Gasteiger partial charge in [-0.2, -0.15) is 0 Å². The average molecular weight is 328 g/mol. The van der Waals surface area contributed by atoms with E-state index in [4.69, 9.17) is 4.74 Å². The van der Waals surface area contributed by atoms with Crippen molar-refractivity contribution >= 4 is 5.82 Å². The van der Waals surface area contributed by atoms with Crippen LogP contribution in [0.2, 0.25) is 0 Å². The number of anilines is 1. The second-order valence-electron chi connectivity index (χ2n) is 6.64. The third-order valence-electron chi connectivity index (χ3n) is 4.90. The molecule has 0 spiro atoms. The minimum Gasteiger partial charge on any atom is -0.372 e. The summed E-state index contributed by atoms with van der Waals surface area (Å²) in [6, 6.07) is 6.68. The van der Waals surface area contributed by atoms with Crippen molar-refractivity contribution in [1.82, 2.24) is 24.6 Å². The number of rotatable bonds is 3. The fourth-order valence-corrected chi connectivity index (χ4v) is 3.50. The predicted octanol–water partition coefficient (Wildman–Crippen LogP) is 1.22. The van der Waals surface area contributed by atoms with Crippen LogP contribution in [-0.2, 0) is 24.4 Å². The van der Waals surface area contributed by atoms with Crippen LogP contribution in [-0.4, -0.2) is 56.9 Å². The van der Waals surface area contributed by atoms with Crippen molar-refractivity contribution in [2.24, 2.45) is 0 Å². The Morgan fingerprint density at radius 1 is 1.21 bits per heavy atom. The fourth-order valence-electron chi connectivity index (χ4n) is 3.50. The number of piperazine rings is 1. The summed E-state index contributed by atoms with van der Waals surface area (Å²) in [4.78, 5) is 9.52. The zero-order chi connectivity index (χ0) is 16.5. The predicted molar refractivity (Wildman–Crippen MR) is 90.7 cm³/mol. The molecule has 24 heavy (non-hydrogen) atoms. The van der Waals surface area contributed by atoms with Crippen LogP contribution >= 0.6 is 0 Å². The summed E-state index contributed by atoms with van der Waals surface area (Å²) in [6.07, 6.45) is 0. The van der Waals surface area contributed by atoms with E-state index in [0.717, 1.165) is 62.5 Å². The van der Waals surface area contributed by atoms with Gasteiger partial charge >= 0.3 is 0 Å². The smallest absolute Gasteiger partial charge is 0.159 e. The molecule has 128 valence electrons. The molecule has 4 heterocycles. The number of nitrogens with zero attached hydrogens (tertiary/aromatic N) is 6. The van der Waals surface area contributed by atoms with Crippen LogP contribution in [0.25, 0.3) is 0 Å². The molecule has 0 aliphatic carbocycles. The third-order valence-corrected chi connectivity index (χ3v) is 4.90. The van der Waals surface area contributed by atoms with Gasteiger partial charge in [0.25, 0.3) is 0 Å². The van der Waals surface area contributed by atoms with Crippen molar-refractivity contribution in [2.75, 3.05) is 31.1 Å². The van der Waals surface area contributed by atoms with Crippen molar-refractivity contribution in [1.29, 1.82) is 0 Å². The Morgan fingerprint density at radius 2 is 2.12 bits per heavy atom. The average Bonchev–Trinajstić information content (AvgIpc) is 3.00. The van der Waals surface area contributed by atoms with Gasteiger partial charge in [0, 0.05) is 37.9 Å². The first-order chi connectivity index (χ1) is 11.7. The highest BCUT2D eigenvalue weighted by molar-refractivity contribution is 5.40. The third kappa shape index (κ3) is 3.01. The quantitative estimate of drug-likeness (QED) is 0.844. The Kier molecular flexibility index (Phi) is 4.20. The van der Waals surface area contributed by atoms with Crippen LogP contribution in [0.15, 0.2) is 18.2 Å². The summed E-state index contributed by atoms with van der Waals surface area (Å²) in [5, 5.41) is 8.64. The van der Waals surface area contributed by atoms with Gasteiger partial charge in [-0.25, -0.2) is 4.98 Å². The molecule has 0 unspecified atom stereocenters. The highest BCUT2D eigenvalue weighted by Gasteiger charge is 2.27. The second kappa shape index (κ2) is 6.49. The van der Waals surface area contributed by atoms with Gasteiger partial charge in [0.15, 0.2) is 5.82 Å². The maximum atomic E-state index is 5.44. The summed E-state index contributed by atoms with van der Waals surface area (Å²) in [7, 11) is 0. The molecule has 1 fully saturated rings. The lowest BCUT2D eigenvalue weighted by Crippen LogP contribution is -2.52. The second-order valence-corrected chi connectivity index (χ2v) is 6.64. The van der Waals surface area contributed by atoms with E-state index in [1.54, 1.807) is 0 Å². The Bertz CT molecular complexity index is 715. The summed E-state index contributed by atoms with van der Waals surface area (Å²) >= 11 is 0. The van der Waals surface area contributed by atoms with E-state index in [9.17, 15) is 0 Å². The molecule has 2 aromatic heterocycles. The van der Waals surface area contributed by atoms with Gasteiger partial charge in [0.2, 0.25) is 0 Å². The summed E-state index contributed by atoms with van der Waals surface area (Å²) in [6.45, 7) is 10.3. The number of aromatic nitrogens is 4. The standard InChI is InChI=1S/C17H24N6O/c1-13-4-3-5-15(18-13)22-7-6-21(14(2)10-22)11-16-19-20-17-12-24-9-8-23(16)17/h3-5,14H,6-12H2,1-2H3/t14-/m0/s1. The van der Waals surface area contributed by atoms with Gasteiger partial charge in [-0.15, -0.1) is 10.2 Å². The monoisotopic (exact) mass is 328 g/mol. The van der Waals surface area contributed by atoms with E-state index < -0.39 is 0 Å². The molecule has 1 atom stereocenters. The summed E-state index contributed by atoms with van der Waals surface area (Å²) < 4.78 is 7.66. The zero-order valence-electron chi connectivity index (χ0n) is 14.4. The van der Waals surface area contributed by atoms with Gasteiger partial charge in [0.1, 0.15) is 18.2 Å². The zero-order valence-corrected chi connectivity index (χ0v) is 14.4. The first-order valence-corrected chi connectivity index (χ1v) is 8.62. The summed E-state index contributed by atoms with van der Waals surface area (Å²) in [5.74, 6) is 3.09. The van der Waals surface area contributed by atoms with E-state index in [0.29, 0.717) is 12.6 Å². The Morgan fingerprint density at radius 3 is 2.96 bits per heavy atom. The van der Waals surface area contributed by atoms with E-state index >= 15 is 0 Å². The Balaban J connectivity index is 1.43. The minimum absolute atomic E-state index is 0.453. The normalized spacial score (nSPS) is 21.8. The maximum Gasteiger partial charge on any atom is 0.159 e. The number of ether oxygens (including phenoxy) is 1. The molecule has 7 heteroatoms. The molecule has 0 N–H and O–H groups in total. The van der Waals surface area contributed by atoms with Crippen molar-refractivity contribution in [2.45, 2.75) is 39.6 Å². The largest absolute Gasteiger partial charge is 0.372 e. The molecule has 0 saturated carbocycles. The molecule has 0 amide bonds. The lowest BCUT2D eigenvalue weighted by Gasteiger charge is -2.40. The molecule has 2 aromatic rings. The molecular formula is C17H24N6O. The number of fused-ring (bicyclic) bond motifs is 1. The molecule has 0 bridgehead atoms. The summed E-state index contributed by atoms with van der Waals surface area (Å²) in [5.41, 5.74) is 1.07. The minimum atomic E-state index is 0.453. The van der Waals surface area contributed by atoms with Crippen molar-refractivity contribution in [3.8, 4) is 0 Å². The molecular weight excluding hydrogens is 304 g/mol. The first-order valence-electron chi connectivity index (χ1n) is 8.62. The van der Waals surface area contributed by atoms with Crippen LogP contribution < -0.4 is 4.90 Å². The van der Waals surface area contributed by atoms with Gasteiger partial charge in [-0.1, -0.05) is 6.07 Å². The van der Waals surface area contributed by atoms with Crippen molar-refractivity contribution in [3.05, 3.63) is 35.5 Å². The Hall–Kier alpha value is -1.99. The lowest BCUT2D eigenvalue weighted by atomic mass is 10.2. The van der Waals surface area contributed by atoms with Crippen LogP contribution in [0.1, 0.15) is 24.3 Å². The molecule has 0 radical (unpaired) electrons. The highest BCUT2D eigenvalue weighted by Crippen LogP contribution is 2.19. The Labute approximate surface area is 142 Å². The molecule has 7 nitrogen and oxygen atoms in total. The van der Waals surface area contributed by atoms with Gasteiger partial charge < -0.3 is 14.2 Å². The highest BCUT2D eigenvalue weighted by atomic mass is 16.5. The van der Waals surface area contributed by atoms with Crippen molar-refractivity contribution < 1.29 is 4.74 Å². The lowest BCUT2D eigenvalue weighted by molar-refractivity contribution is 0.0787. The van der Waals surface area contributed by atoms with E-state index in [2.05, 4.69) is 48.6 Å². The number of aryl methyl sites for hydroxylation is 1. The van der Waals surface area contributed by atoms with Gasteiger partial charge in [-0.05, 0) is 26.0 Å². The number of pyridine rings is 1. The van der Waals surface area contributed by atoms with E-state index in [-0.39, 0.29) is 0 Å². The first kappa shape index (κ1) is 15.5. The SMILES string of the molecule is Cc1cccc(N2CCN(Cc3nnc4n3CCOC4)[C@@H](C)C2)n1. The van der Waals surface area contributed by atoms with E-state index in [1.165, 1.54) is 0 Å². The van der Waals surface area contributed by atoms with Crippen molar-refractivity contribution in [3.63, 3.8) is 0 Å². The van der Waals surface area contributed by atoms with Crippen LogP contribution in [0.4, 0.5) is 5.82 Å². The van der Waals surface area contributed by atoms with E-state index in [1.807, 2.05) is 13.0 Å². The molecule has 1 saturated heterocycles. The molecule has 4 rings (SSSR count). The van der Waals surface area contributed by atoms with Gasteiger partial charge in [-0.3, -0.25) is 4.90 Å². The van der Waals surface area contributed by atoms with Gasteiger partial charge in [0.05, 0.1) is 13.2 Å². The molecule has 2 aliphatic heterocycles. The van der Waals surface area contributed by atoms with Crippen LogP contribution in [0.5, 0.6) is 0 Å².